The Morgan fingerprint density at radius 3 is 2.89 bits per heavy atom. The van der Waals surface area contributed by atoms with Gasteiger partial charge in [-0.25, -0.2) is 8.42 Å². The van der Waals surface area contributed by atoms with Gasteiger partial charge in [-0.15, -0.1) is 0 Å². The van der Waals surface area contributed by atoms with E-state index in [2.05, 4.69) is 5.32 Å². The summed E-state index contributed by atoms with van der Waals surface area (Å²) >= 11 is 0. The first kappa shape index (κ1) is 14.3. The van der Waals surface area contributed by atoms with Gasteiger partial charge in [-0.05, 0) is 25.8 Å². The van der Waals surface area contributed by atoms with Crippen molar-refractivity contribution in [3.63, 3.8) is 0 Å². The van der Waals surface area contributed by atoms with Crippen LogP contribution in [0.4, 0.5) is 5.69 Å². The van der Waals surface area contributed by atoms with Crippen LogP contribution in [0.25, 0.3) is 0 Å². The Morgan fingerprint density at radius 2 is 2.16 bits per heavy atom. The summed E-state index contributed by atoms with van der Waals surface area (Å²) in [6.07, 6.45) is 1.65. The van der Waals surface area contributed by atoms with Crippen LogP contribution >= 0.6 is 0 Å². The van der Waals surface area contributed by atoms with Gasteiger partial charge < -0.3 is 10.1 Å². The maximum absolute atomic E-state index is 11.6. The molecule has 0 saturated carbocycles. The normalized spacial score (nSPS) is 22.1. The Balaban J connectivity index is 2.06. The lowest BCUT2D eigenvalue weighted by Crippen LogP contribution is -2.35. The number of sulfone groups is 1. The van der Waals surface area contributed by atoms with Crippen molar-refractivity contribution in [3.05, 3.63) is 29.8 Å². The standard InChI is InChI=1S/C14H21NO3S/c1-2-18-10-12-6-3-4-8-14(12)15-13-7-5-9-19(16,17)11-13/h3-4,6,8,13,15H,2,5,7,9-11H2,1H3. The molecule has 5 heteroatoms. The minimum absolute atomic E-state index is 0.0153. The van der Waals surface area contributed by atoms with E-state index in [1.165, 1.54) is 0 Å². The van der Waals surface area contributed by atoms with Crippen LogP contribution in [0.3, 0.4) is 0 Å². The molecule has 1 unspecified atom stereocenters. The van der Waals surface area contributed by atoms with E-state index >= 15 is 0 Å². The molecule has 1 saturated heterocycles. The second-order valence-electron chi connectivity index (χ2n) is 4.89. The molecule has 1 atom stereocenters. The summed E-state index contributed by atoms with van der Waals surface area (Å²) < 4.78 is 28.7. The number of rotatable bonds is 5. The molecule has 0 bridgehead atoms. The largest absolute Gasteiger partial charge is 0.381 e. The second-order valence-corrected chi connectivity index (χ2v) is 7.12. The van der Waals surface area contributed by atoms with Gasteiger partial charge in [0.15, 0.2) is 9.84 Å². The average Bonchev–Trinajstić information content (AvgIpc) is 2.36. The first-order valence-corrected chi connectivity index (χ1v) is 8.55. The highest BCUT2D eigenvalue weighted by Crippen LogP contribution is 2.21. The van der Waals surface area contributed by atoms with Crippen LogP contribution in [-0.2, 0) is 21.2 Å². The van der Waals surface area contributed by atoms with Crippen molar-refractivity contribution in [1.29, 1.82) is 0 Å². The number of hydrogen-bond acceptors (Lipinski definition) is 4. The summed E-state index contributed by atoms with van der Waals surface area (Å²) in [7, 11) is -2.88. The minimum atomic E-state index is -2.88. The van der Waals surface area contributed by atoms with Crippen molar-refractivity contribution < 1.29 is 13.2 Å². The minimum Gasteiger partial charge on any atom is -0.381 e. The Bertz CT molecular complexity index is 513. The van der Waals surface area contributed by atoms with Gasteiger partial charge in [-0.1, -0.05) is 18.2 Å². The van der Waals surface area contributed by atoms with Crippen molar-refractivity contribution in [1.82, 2.24) is 0 Å². The SMILES string of the molecule is CCOCc1ccccc1NC1CCCS(=O)(=O)C1. The van der Waals surface area contributed by atoms with Crippen LogP contribution < -0.4 is 5.32 Å². The van der Waals surface area contributed by atoms with Gasteiger partial charge in [-0.2, -0.15) is 0 Å². The van der Waals surface area contributed by atoms with Crippen LogP contribution in [0.1, 0.15) is 25.3 Å². The molecule has 1 aromatic carbocycles. The molecule has 1 aliphatic heterocycles. The van der Waals surface area contributed by atoms with Crippen molar-refractivity contribution in [2.24, 2.45) is 0 Å². The van der Waals surface area contributed by atoms with Gasteiger partial charge in [0.25, 0.3) is 0 Å². The van der Waals surface area contributed by atoms with Gasteiger partial charge in [-0.3, -0.25) is 0 Å². The quantitative estimate of drug-likeness (QED) is 0.900. The summed E-state index contributed by atoms with van der Waals surface area (Å²) in [5, 5.41) is 3.35. The van der Waals surface area contributed by atoms with E-state index in [1.54, 1.807) is 0 Å². The molecule has 0 amide bonds. The smallest absolute Gasteiger partial charge is 0.152 e. The maximum Gasteiger partial charge on any atom is 0.152 e. The van der Waals surface area contributed by atoms with E-state index < -0.39 is 9.84 Å². The first-order chi connectivity index (χ1) is 9.11. The van der Waals surface area contributed by atoms with Crippen LogP contribution in [0.5, 0.6) is 0 Å². The average molecular weight is 283 g/mol. The van der Waals surface area contributed by atoms with Crippen LogP contribution in [0, 0.1) is 0 Å². The molecular formula is C14H21NO3S. The fraction of sp³-hybridized carbons (Fsp3) is 0.571. The lowest BCUT2D eigenvalue weighted by molar-refractivity contribution is 0.134. The molecule has 0 aromatic heterocycles. The van der Waals surface area contributed by atoms with Crippen molar-refractivity contribution in [3.8, 4) is 0 Å². The van der Waals surface area contributed by atoms with Gasteiger partial charge >= 0.3 is 0 Å². The molecule has 1 heterocycles. The van der Waals surface area contributed by atoms with Crippen LogP contribution in [0.2, 0.25) is 0 Å². The monoisotopic (exact) mass is 283 g/mol. The summed E-state index contributed by atoms with van der Waals surface area (Å²) in [5.41, 5.74) is 2.06. The number of nitrogens with one attached hydrogen (secondary N) is 1. The van der Waals surface area contributed by atoms with Gasteiger partial charge in [0, 0.05) is 23.9 Å². The molecule has 1 fully saturated rings. The molecule has 0 spiro atoms. The van der Waals surface area contributed by atoms with Gasteiger partial charge in [0.2, 0.25) is 0 Å². The Morgan fingerprint density at radius 1 is 1.37 bits per heavy atom. The number of anilines is 1. The highest BCUT2D eigenvalue weighted by Gasteiger charge is 2.24. The fourth-order valence-corrected chi connectivity index (χ4v) is 3.99. The molecular weight excluding hydrogens is 262 g/mol. The zero-order chi connectivity index (χ0) is 13.7. The van der Waals surface area contributed by atoms with Crippen molar-refractivity contribution in [2.45, 2.75) is 32.4 Å². The van der Waals surface area contributed by atoms with E-state index in [0.717, 1.165) is 24.1 Å². The predicted molar refractivity (Wildman–Crippen MR) is 77.1 cm³/mol. The van der Waals surface area contributed by atoms with E-state index in [4.69, 9.17) is 4.74 Å². The third kappa shape index (κ3) is 4.21. The van der Waals surface area contributed by atoms with E-state index in [-0.39, 0.29) is 11.8 Å². The number of para-hydroxylation sites is 1. The molecule has 2 rings (SSSR count). The highest BCUT2D eigenvalue weighted by molar-refractivity contribution is 7.91. The maximum atomic E-state index is 11.6. The molecule has 106 valence electrons. The number of benzene rings is 1. The summed E-state index contributed by atoms with van der Waals surface area (Å²) in [6, 6.07) is 7.93. The zero-order valence-electron chi connectivity index (χ0n) is 11.3. The number of hydrogen-bond donors (Lipinski definition) is 1. The highest BCUT2D eigenvalue weighted by atomic mass is 32.2. The topological polar surface area (TPSA) is 55.4 Å². The molecule has 1 aliphatic rings. The lowest BCUT2D eigenvalue weighted by Gasteiger charge is -2.25. The van der Waals surface area contributed by atoms with Crippen LogP contribution in [0.15, 0.2) is 24.3 Å². The summed E-state index contributed by atoms with van der Waals surface area (Å²) in [6.45, 7) is 3.19. The Hall–Kier alpha value is -1.07. The third-order valence-corrected chi connectivity index (χ3v) is 5.12. The molecule has 0 radical (unpaired) electrons. The van der Waals surface area contributed by atoms with Crippen molar-refractivity contribution in [2.75, 3.05) is 23.4 Å². The van der Waals surface area contributed by atoms with Crippen molar-refractivity contribution >= 4 is 15.5 Å². The second kappa shape index (κ2) is 6.39. The van der Waals surface area contributed by atoms with Crippen LogP contribution in [-0.4, -0.2) is 32.6 Å². The Kier molecular flexibility index (Phi) is 4.82. The number of ether oxygens (including phenoxy) is 1. The Labute approximate surface area is 115 Å². The van der Waals surface area contributed by atoms with E-state index in [9.17, 15) is 8.42 Å². The molecule has 19 heavy (non-hydrogen) atoms. The molecule has 0 aliphatic carbocycles. The van der Waals surface area contributed by atoms with E-state index in [0.29, 0.717) is 19.0 Å². The molecule has 1 aromatic rings. The lowest BCUT2D eigenvalue weighted by atomic mass is 10.1. The fourth-order valence-electron chi connectivity index (χ4n) is 2.36. The van der Waals surface area contributed by atoms with Gasteiger partial charge in [0.05, 0.1) is 18.1 Å². The van der Waals surface area contributed by atoms with Gasteiger partial charge in [0.1, 0.15) is 0 Å². The zero-order valence-corrected chi connectivity index (χ0v) is 12.1. The third-order valence-electron chi connectivity index (χ3n) is 3.30. The first-order valence-electron chi connectivity index (χ1n) is 6.73. The summed E-state index contributed by atoms with van der Waals surface area (Å²) in [5.74, 6) is 0.557. The molecule has 4 nitrogen and oxygen atoms in total. The van der Waals surface area contributed by atoms with E-state index in [1.807, 2.05) is 31.2 Å². The predicted octanol–water partition coefficient (Wildman–Crippen LogP) is 2.21. The molecule has 1 N–H and O–H groups in total. The summed E-state index contributed by atoms with van der Waals surface area (Å²) in [4.78, 5) is 0.